The van der Waals surface area contributed by atoms with Crippen molar-refractivity contribution in [3.05, 3.63) is 0 Å². The number of rotatable bonds is 0. The van der Waals surface area contributed by atoms with Crippen LogP contribution in [0.15, 0.2) is 5.10 Å². The Morgan fingerprint density at radius 1 is 1.75 bits per heavy atom. The van der Waals surface area contributed by atoms with Crippen molar-refractivity contribution in [2.45, 2.75) is 19.9 Å². The number of nitrogens with one attached hydrogen (secondary N) is 1. The average molecular weight is 112 g/mol. The summed E-state index contributed by atoms with van der Waals surface area (Å²) in [4.78, 5) is 10.7. The van der Waals surface area contributed by atoms with Crippen molar-refractivity contribution >= 4 is 11.5 Å². The lowest BCUT2D eigenvalue weighted by atomic mass is 10.2. The lowest BCUT2D eigenvalue weighted by Gasteiger charge is -1.94. The Hall–Kier alpha value is -0.860. The van der Waals surface area contributed by atoms with E-state index < -0.39 is 0 Å². The normalized spacial score (nSPS) is 27.5. The molecule has 1 rings (SSSR count). The van der Waals surface area contributed by atoms with Crippen LogP contribution in [0.4, 0.5) is 0 Å². The first kappa shape index (κ1) is 5.28. The molecule has 0 fully saturated rings. The Bertz CT molecular complexity index is 151. The van der Waals surface area contributed by atoms with Crippen LogP contribution in [0, 0.1) is 0 Å². The van der Waals surface area contributed by atoms with Crippen LogP contribution in [0.5, 0.6) is 0 Å². The molecule has 0 aliphatic carbocycles. The van der Waals surface area contributed by atoms with Crippen LogP contribution < -0.4 is 5.43 Å². The fourth-order valence-electron chi connectivity index (χ4n) is 0.621. The van der Waals surface area contributed by atoms with E-state index in [1.165, 1.54) is 0 Å². The molecule has 0 bridgehead atoms. The molecule has 0 aromatic carbocycles. The lowest BCUT2D eigenvalue weighted by molar-refractivity contribution is -0.113. The van der Waals surface area contributed by atoms with Crippen LogP contribution >= 0.6 is 0 Å². The first-order chi connectivity index (χ1) is 3.72. The highest BCUT2D eigenvalue weighted by atomic mass is 16.1. The minimum absolute atomic E-state index is 0.102. The monoisotopic (exact) mass is 112 g/mol. The van der Waals surface area contributed by atoms with Gasteiger partial charge in [0.05, 0.1) is 0 Å². The zero-order valence-corrected chi connectivity index (χ0v) is 4.93. The van der Waals surface area contributed by atoms with Crippen LogP contribution in [0.1, 0.15) is 13.8 Å². The highest BCUT2D eigenvalue weighted by Gasteiger charge is 2.20. The Balaban J connectivity index is 2.73. The molecule has 1 unspecified atom stereocenters. The fraction of sp³-hybridized carbons (Fsp3) is 0.600. The molecule has 3 heteroatoms. The van der Waals surface area contributed by atoms with Crippen molar-refractivity contribution in [1.82, 2.24) is 5.43 Å². The van der Waals surface area contributed by atoms with E-state index in [-0.39, 0.29) is 11.8 Å². The summed E-state index contributed by atoms with van der Waals surface area (Å²) in [5.74, 6) is 0.102. The molecule has 1 heterocycles. The van der Waals surface area contributed by atoms with Gasteiger partial charge in [0.25, 0.3) is 0 Å². The average Bonchev–Trinajstić information content (AvgIpc) is 1.98. The maximum Gasteiger partial charge on any atom is 0.201 e. The van der Waals surface area contributed by atoms with Crippen LogP contribution in [0.3, 0.4) is 0 Å². The van der Waals surface area contributed by atoms with E-state index in [1.54, 1.807) is 13.8 Å². The summed E-state index contributed by atoms with van der Waals surface area (Å²) in [5, 5.41) is 3.72. The Morgan fingerprint density at radius 2 is 2.38 bits per heavy atom. The molecule has 1 N–H and O–H groups in total. The molecule has 0 saturated heterocycles. The number of hydrogen-bond donors (Lipinski definition) is 1. The summed E-state index contributed by atoms with van der Waals surface area (Å²) in [6.45, 7) is 3.50. The molecule has 0 aromatic rings. The van der Waals surface area contributed by atoms with Crippen molar-refractivity contribution < 1.29 is 4.79 Å². The summed E-state index contributed by atoms with van der Waals surface area (Å²) in [6.07, 6.45) is 0. The minimum atomic E-state index is -0.102. The minimum Gasteiger partial charge on any atom is -0.299 e. The second-order valence-corrected chi connectivity index (χ2v) is 1.91. The molecule has 0 spiro atoms. The van der Waals surface area contributed by atoms with E-state index in [0.29, 0.717) is 5.71 Å². The summed E-state index contributed by atoms with van der Waals surface area (Å²) in [6, 6.07) is -0.102. The molecule has 1 aliphatic rings. The molecular weight excluding hydrogens is 104 g/mol. The molecule has 0 saturated carbocycles. The zero-order chi connectivity index (χ0) is 6.15. The molecule has 8 heavy (non-hydrogen) atoms. The Labute approximate surface area is 47.8 Å². The van der Waals surface area contributed by atoms with Crippen molar-refractivity contribution in [1.29, 1.82) is 0 Å². The number of ketones is 1. The molecular formula is C5H8N2O. The molecule has 1 aliphatic heterocycles. The largest absolute Gasteiger partial charge is 0.299 e. The smallest absolute Gasteiger partial charge is 0.201 e. The fourth-order valence-corrected chi connectivity index (χ4v) is 0.621. The Kier molecular flexibility index (Phi) is 1.04. The second-order valence-electron chi connectivity index (χ2n) is 1.91. The number of carbonyl (C=O) groups is 1. The summed E-state index contributed by atoms with van der Waals surface area (Å²) >= 11 is 0. The molecule has 0 amide bonds. The van der Waals surface area contributed by atoms with Gasteiger partial charge in [-0.15, -0.1) is 0 Å². The number of carbonyl (C=O) groups excluding carboxylic acids is 1. The molecule has 0 radical (unpaired) electrons. The van der Waals surface area contributed by atoms with Gasteiger partial charge < -0.3 is 0 Å². The van der Waals surface area contributed by atoms with Gasteiger partial charge in [0.15, 0.2) is 0 Å². The zero-order valence-electron chi connectivity index (χ0n) is 4.93. The van der Waals surface area contributed by atoms with Gasteiger partial charge in [-0.2, -0.15) is 5.10 Å². The van der Waals surface area contributed by atoms with Crippen molar-refractivity contribution in [2.24, 2.45) is 5.10 Å². The first-order valence-corrected chi connectivity index (χ1v) is 2.56. The number of hydrazone groups is 1. The van der Waals surface area contributed by atoms with E-state index in [2.05, 4.69) is 10.5 Å². The summed E-state index contributed by atoms with van der Waals surface area (Å²) < 4.78 is 0. The van der Waals surface area contributed by atoms with Gasteiger partial charge in [-0.05, 0) is 13.8 Å². The molecule has 3 nitrogen and oxygen atoms in total. The third-order valence-corrected chi connectivity index (χ3v) is 1.18. The third-order valence-electron chi connectivity index (χ3n) is 1.18. The van der Waals surface area contributed by atoms with Gasteiger partial charge in [-0.3, -0.25) is 10.2 Å². The van der Waals surface area contributed by atoms with Crippen molar-refractivity contribution in [2.75, 3.05) is 0 Å². The van der Waals surface area contributed by atoms with Crippen molar-refractivity contribution in [3.8, 4) is 0 Å². The number of hydrogen-bond acceptors (Lipinski definition) is 3. The lowest BCUT2D eigenvalue weighted by Crippen LogP contribution is -2.24. The van der Waals surface area contributed by atoms with E-state index in [4.69, 9.17) is 0 Å². The predicted molar refractivity (Wildman–Crippen MR) is 30.7 cm³/mol. The number of Topliss-reactive ketones (excluding diaryl/α,β-unsaturated/α-hetero) is 1. The molecule has 44 valence electrons. The number of nitrogens with zero attached hydrogens (tertiary/aromatic N) is 1. The highest BCUT2D eigenvalue weighted by molar-refractivity contribution is 6.41. The maximum absolute atomic E-state index is 10.7. The van der Waals surface area contributed by atoms with Gasteiger partial charge in [-0.1, -0.05) is 0 Å². The highest BCUT2D eigenvalue weighted by Crippen LogP contribution is 1.95. The van der Waals surface area contributed by atoms with E-state index in [0.717, 1.165) is 0 Å². The van der Waals surface area contributed by atoms with E-state index in [9.17, 15) is 4.79 Å². The quantitative estimate of drug-likeness (QED) is 0.476. The van der Waals surface area contributed by atoms with Gasteiger partial charge >= 0.3 is 0 Å². The van der Waals surface area contributed by atoms with Crippen LogP contribution in [0.2, 0.25) is 0 Å². The van der Waals surface area contributed by atoms with Crippen LogP contribution in [0.25, 0.3) is 0 Å². The summed E-state index contributed by atoms with van der Waals surface area (Å²) in [5.41, 5.74) is 3.24. The third kappa shape index (κ3) is 0.598. The van der Waals surface area contributed by atoms with Crippen LogP contribution in [-0.2, 0) is 4.79 Å². The van der Waals surface area contributed by atoms with Crippen molar-refractivity contribution in [3.63, 3.8) is 0 Å². The Morgan fingerprint density at radius 3 is 2.50 bits per heavy atom. The van der Waals surface area contributed by atoms with Crippen LogP contribution in [-0.4, -0.2) is 17.5 Å². The van der Waals surface area contributed by atoms with Gasteiger partial charge in [0.1, 0.15) is 11.8 Å². The SMILES string of the molecule is CC1=NNC(C)C1=O. The van der Waals surface area contributed by atoms with E-state index >= 15 is 0 Å². The van der Waals surface area contributed by atoms with Gasteiger partial charge in [-0.25, -0.2) is 0 Å². The summed E-state index contributed by atoms with van der Waals surface area (Å²) in [7, 11) is 0. The topological polar surface area (TPSA) is 41.5 Å². The van der Waals surface area contributed by atoms with E-state index in [1.807, 2.05) is 0 Å². The van der Waals surface area contributed by atoms with Gasteiger partial charge in [0, 0.05) is 0 Å². The second kappa shape index (κ2) is 1.58. The molecule has 0 aromatic heterocycles. The molecule has 1 atom stereocenters. The maximum atomic E-state index is 10.7. The standard InChI is InChI=1S/C5H8N2O/c1-3-5(8)4(2)7-6-3/h3,6H,1-2H3. The predicted octanol–water partition coefficient (Wildman–Crippen LogP) is -0.0769. The van der Waals surface area contributed by atoms with Gasteiger partial charge in [0.2, 0.25) is 5.78 Å². The first-order valence-electron chi connectivity index (χ1n) is 2.56.